The predicted octanol–water partition coefficient (Wildman–Crippen LogP) is 3.05. The summed E-state index contributed by atoms with van der Waals surface area (Å²) in [7, 11) is 0. The highest BCUT2D eigenvalue weighted by Gasteiger charge is 2.24. The highest BCUT2D eigenvalue weighted by molar-refractivity contribution is 5.53. The summed E-state index contributed by atoms with van der Waals surface area (Å²) < 4.78 is 2.20. The molecule has 2 aromatic rings. The van der Waals surface area contributed by atoms with Crippen LogP contribution in [0.1, 0.15) is 30.1 Å². The van der Waals surface area contributed by atoms with Crippen LogP contribution in [0.5, 0.6) is 0 Å². The first-order valence-corrected chi connectivity index (χ1v) is 6.65. The smallest absolute Gasteiger partial charge is 0.272 e. The first-order valence-electron chi connectivity index (χ1n) is 6.65. The average Bonchev–Trinajstić information content (AvgIpc) is 3.15. The Kier molecular flexibility index (Phi) is 3.14. The van der Waals surface area contributed by atoms with Gasteiger partial charge in [-0.15, -0.1) is 0 Å². The van der Waals surface area contributed by atoms with Crippen molar-refractivity contribution in [3.05, 3.63) is 52.1 Å². The highest BCUT2D eigenvalue weighted by atomic mass is 16.6. The number of nitro groups is 1. The summed E-state index contributed by atoms with van der Waals surface area (Å²) in [6.07, 6.45) is 6.18. The van der Waals surface area contributed by atoms with Gasteiger partial charge in [-0.1, -0.05) is 0 Å². The fourth-order valence-electron chi connectivity index (χ4n) is 2.31. The van der Waals surface area contributed by atoms with E-state index in [4.69, 9.17) is 0 Å². The molecule has 1 aliphatic rings. The Morgan fingerprint density at radius 2 is 2.30 bits per heavy atom. The minimum Gasteiger partial charge on any atom is -0.379 e. The summed E-state index contributed by atoms with van der Waals surface area (Å²) in [5.74, 6) is 0. The van der Waals surface area contributed by atoms with Gasteiger partial charge in [0.05, 0.1) is 23.5 Å². The van der Waals surface area contributed by atoms with Crippen LogP contribution >= 0.6 is 0 Å². The molecule has 1 fully saturated rings. The van der Waals surface area contributed by atoms with Gasteiger partial charge in [0, 0.05) is 29.6 Å². The Bertz CT molecular complexity index is 646. The second kappa shape index (κ2) is 4.96. The molecule has 0 unspecified atom stereocenters. The molecule has 6 nitrogen and oxygen atoms in total. The van der Waals surface area contributed by atoms with E-state index < -0.39 is 0 Å². The molecule has 1 N–H and O–H groups in total. The number of aromatic nitrogens is 2. The number of aryl methyl sites for hydroxylation is 1. The van der Waals surface area contributed by atoms with Gasteiger partial charge in [-0.25, -0.2) is 4.98 Å². The normalized spacial score (nSPS) is 14.2. The van der Waals surface area contributed by atoms with Crippen LogP contribution < -0.4 is 5.32 Å². The summed E-state index contributed by atoms with van der Waals surface area (Å²) in [6.45, 7) is 2.42. The molecule has 6 heteroatoms. The van der Waals surface area contributed by atoms with Crippen molar-refractivity contribution in [3.63, 3.8) is 0 Å². The summed E-state index contributed by atoms with van der Waals surface area (Å²) in [4.78, 5) is 14.6. The van der Waals surface area contributed by atoms with E-state index in [-0.39, 0.29) is 10.6 Å². The van der Waals surface area contributed by atoms with Gasteiger partial charge in [0.15, 0.2) is 0 Å². The third kappa shape index (κ3) is 2.49. The Balaban J connectivity index is 1.70. The van der Waals surface area contributed by atoms with Crippen molar-refractivity contribution in [1.29, 1.82) is 0 Å². The molecule has 0 bridgehead atoms. The Morgan fingerprint density at radius 3 is 2.95 bits per heavy atom. The number of nitro benzene ring substituents is 1. The van der Waals surface area contributed by atoms with Gasteiger partial charge < -0.3 is 9.88 Å². The quantitative estimate of drug-likeness (QED) is 0.670. The van der Waals surface area contributed by atoms with Crippen molar-refractivity contribution in [3.8, 4) is 0 Å². The molecule has 1 saturated carbocycles. The van der Waals surface area contributed by atoms with E-state index in [1.807, 2.05) is 12.5 Å². The van der Waals surface area contributed by atoms with Crippen LogP contribution in [0.3, 0.4) is 0 Å². The van der Waals surface area contributed by atoms with Gasteiger partial charge >= 0.3 is 0 Å². The number of nitrogens with zero attached hydrogens (tertiary/aromatic N) is 3. The topological polar surface area (TPSA) is 73.0 Å². The second-order valence-corrected chi connectivity index (χ2v) is 5.14. The maximum absolute atomic E-state index is 10.8. The Labute approximate surface area is 116 Å². The molecular formula is C14H16N4O2. The van der Waals surface area contributed by atoms with Gasteiger partial charge in [-0.3, -0.25) is 10.1 Å². The number of nitrogens with one attached hydrogen (secondary N) is 1. The molecule has 1 aliphatic carbocycles. The molecule has 0 atom stereocenters. The van der Waals surface area contributed by atoms with Crippen molar-refractivity contribution in [1.82, 2.24) is 9.55 Å². The molecule has 0 radical (unpaired) electrons. The number of anilines is 1. The van der Waals surface area contributed by atoms with E-state index in [1.54, 1.807) is 19.1 Å². The van der Waals surface area contributed by atoms with Gasteiger partial charge in [-0.2, -0.15) is 0 Å². The van der Waals surface area contributed by atoms with Crippen molar-refractivity contribution >= 4 is 11.4 Å². The zero-order valence-electron chi connectivity index (χ0n) is 11.2. The van der Waals surface area contributed by atoms with Crippen LogP contribution in [-0.2, 0) is 6.54 Å². The number of rotatable bonds is 5. The van der Waals surface area contributed by atoms with Crippen LogP contribution in [-0.4, -0.2) is 14.5 Å². The second-order valence-electron chi connectivity index (χ2n) is 5.14. The third-order valence-electron chi connectivity index (χ3n) is 3.55. The molecule has 0 saturated heterocycles. The molecule has 0 spiro atoms. The molecule has 1 aromatic carbocycles. The lowest BCUT2D eigenvalue weighted by atomic mass is 10.2. The Hall–Kier alpha value is -2.37. The zero-order valence-corrected chi connectivity index (χ0v) is 11.2. The molecule has 20 heavy (non-hydrogen) atoms. The van der Waals surface area contributed by atoms with Crippen molar-refractivity contribution in [2.75, 3.05) is 5.32 Å². The lowest BCUT2D eigenvalue weighted by Gasteiger charge is -2.09. The fraction of sp³-hybridized carbons (Fsp3) is 0.357. The van der Waals surface area contributed by atoms with Crippen molar-refractivity contribution < 1.29 is 4.92 Å². The first kappa shape index (κ1) is 12.7. The molecular weight excluding hydrogens is 256 g/mol. The van der Waals surface area contributed by atoms with E-state index in [9.17, 15) is 10.1 Å². The molecule has 1 heterocycles. The number of imidazole rings is 1. The van der Waals surface area contributed by atoms with E-state index >= 15 is 0 Å². The van der Waals surface area contributed by atoms with E-state index in [0.29, 0.717) is 18.2 Å². The van der Waals surface area contributed by atoms with Gasteiger partial charge in [0.25, 0.3) is 5.69 Å². The molecule has 3 rings (SSSR count). The molecule has 1 aromatic heterocycles. The molecule has 0 amide bonds. The number of benzene rings is 1. The number of hydrogen-bond donors (Lipinski definition) is 1. The van der Waals surface area contributed by atoms with Crippen LogP contribution in [0.25, 0.3) is 0 Å². The lowest BCUT2D eigenvalue weighted by molar-refractivity contribution is -0.385. The van der Waals surface area contributed by atoms with Crippen LogP contribution in [0.4, 0.5) is 11.4 Å². The van der Waals surface area contributed by atoms with Crippen LogP contribution in [0.15, 0.2) is 30.7 Å². The predicted molar refractivity (Wildman–Crippen MR) is 75.7 cm³/mol. The van der Waals surface area contributed by atoms with E-state index in [0.717, 1.165) is 11.4 Å². The highest BCUT2D eigenvalue weighted by Crippen LogP contribution is 2.35. The Morgan fingerprint density at radius 1 is 1.50 bits per heavy atom. The minimum atomic E-state index is -0.360. The minimum absolute atomic E-state index is 0.151. The monoisotopic (exact) mass is 272 g/mol. The van der Waals surface area contributed by atoms with Crippen LogP contribution in [0, 0.1) is 17.0 Å². The van der Waals surface area contributed by atoms with E-state index in [1.165, 1.54) is 18.9 Å². The fourth-order valence-corrected chi connectivity index (χ4v) is 2.31. The van der Waals surface area contributed by atoms with Crippen LogP contribution in [0.2, 0.25) is 0 Å². The molecule has 0 aliphatic heterocycles. The first-order chi connectivity index (χ1) is 9.65. The summed E-state index contributed by atoms with van der Waals surface area (Å²) in [6, 6.07) is 5.68. The summed E-state index contributed by atoms with van der Waals surface area (Å²) >= 11 is 0. The lowest BCUT2D eigenvalue weighted by Crippen LogP contribution is -2.06. The van der Waals surface area contributed by atoms with Crippen molar-refractivity contribution in [2.45, 2.75) is 32.4 Å². The van der Waals surface area contributed by atoms with Gasteiger partial charge in [0.2, 0.25) is 0 Å². The molecule has 104 valence electrons. The maximum Gasteiger partial charge on any atom is 0.272 e. The van der Waals surface area contributed by atoms with E-state index in [2.05, 4.69) is 14.9 Å². The number of hydrogen-bond acceptors (Lipinski definition) is 4. The van der Waals surface area contributed by atoms with Crippen molar-refractivity contribution in [2.24, 2.45) is 0 Å². The largest absolute Gasteiger partial charge is 0.379 e. The maximum atomic E-state index is 10.8. The average molecular weight is 272 g/mol. The van der Waals surface area contributed by atoms with Gasteiger partial charge in [0.1, 0.15) is 0 Å². The SMILES string of the molecule is Cc1cc(NCc2cncn2C2CC2)ccc1[N+](=O)[O-]. The van der Waals surface area contributed by atoms with Gasteiger partial charge in [-0.05, 0) is 31.9 Å². The standard InChI is InChI=1S/C14H16N4O2/c1-10-6-11(2-5-14(10)18(19)20)16-8-13-7-15-9-17(13)12-3-4-12/h2,5-7,9,12,16H,3-4,8H2,1H3. The zero-order chi connectivity index (χ0) is 14.1. The summed E-state index contributed by atoms with van der Waals surface area (Å²) in [5.41, 5.74) is 2.84. The third-order valence-corrected chi connectivity index (χ3v) is 3.55. The summed E-state index contributed by atoms with van der Waals surface area (Å²) in [5, 5.41) is 14.1.